The van der Waals surface area contributed by atoms with Gasteiger partial charge < -0.3 is 24.5 Å². The highest BCUT2D eigenvalue weighted by atomic mass is 127. The number of benzene rings is 1. The van der Waals surface area contributed by atoms with E-state index in [2.05, 4.69) is 15.6 Å². The van der Waals surface area contributed by atoms with E-state index in [-0.39, 0.29) is 24.0 Å². The zero-order chi connectivity index (χ0) is 18.5. The first-order chi connectivity index (χ1) is 12.8. The SMILES string of the molecule is CCOCCCNC(=NCc1ccc(OC)cc1)NCCc1ccco1.I. The van der Waals surface area contributed by atoms with Crippen molar-refractivity contribution in [1.82, 2.24) is 10.6 Å². The normalized spacial score (nSPS) is 11.0. The molecule has 2 N–H and O–H groups in total. The Kier molecular flexibility index (Phi) is 12.4. The van der Waals surface area contributed by atoms with Gasteiger partial charge in [-0.05, 0) is 43.2 Å². The van der Waals surface area contributed by atoms with E-state index in [9.17, 15) is 0 Å². The first kappa shape index (κ1) is 23.3. The van der Waals surface area contributed by atoms with Gasteiger partial charge in [0.1, 0.15) is 11.5 Å². The van der Waals surface area contributed by atoms with E-state index in [0.717, 1.165) is 62.2 Å². The zero-order valence-electron chi connectivity index (χ0n) is 16.1. The fourth-order valence-corrected chi connectivity index (χ4v) is 2.36. The van der Waals surface area contributed by atoms with E-state index in [0.29, 0.717) is 6.54 Å². The van der Waals surface area contributed by atoms with E-state index < -0.39 is 0 Å². The molecule has 0 saturated carbocycles. The number of halogens is 1. The molecule has 0 unspecified atom stereocenters. The van der Waals surface area contributed by atoms with Crippen molar-refractivity contribution in [2.45, 2.75) is 26.3 Å². The molecule has 7 heteroatoms. The van der Waals surface area contributed by atoms with Gasteiger partial charge in [0.25, 0.3) is 0 Å². The molecule has 0 amide bonds. The maximum absolute atomic E-state index is 5.37. The minimum Gasteiger partial charge on any atom is -0.497 e. The molecule has 1 aromatic carbocycles. The molecule has 0 aliphatic carbocycles. The third-order valence-corrected chi connectivity index (χ3v) is 3.78. The summed E-state index contributed by atoms with van der Waals surface area (Å²) < 4.78 is 15.9. The minimum atomic E-state index is 0. The first-order valence-electron chi connectivity index (χ1n) is 9.07. The van der Waals surface area contributed by atoms with Crippen LogP contribution in [0.15, 0.2) is 52.1 Å². The van der Waals surface area contributed by atoms with Crippen LogP contribution in [-0.4, -0.2) is 39.4 Å². The summed E-state index contributed by atoms with van der Waals surface area (Å²) in [6.07, 6.45) is 3.45. The number of hydrogen-bond donors (Lipinski definition) is 2. The van der Waals surface area contributed by atoms with Gasteiger partial charge in [-0.15, -0.1) is 24.0 Å². The number of methoxy groups -OCH3 is 1. The first-order valence-corrected chi connectivity index (χ1v) is 9.07. The number of hydrogen-bond acceptors (Lipinski definition) is 4. The molecular weight excluding hydrogens is 457 g/mol. The van der Waals surface area contributed by atoms with Crippen LogP contribution >= 0.6 is 24.0 Å². The monoisotopic (exact) mass is 487 g/mol. The maximum atomic E-state index is 5.37. The smallest absolute Gasteiger partial charge is 0.191 e. The van der Waals surface area contributed by atoms with Crippen molar-refractivity contribution in [3.8, 4) is 5.75 Å². The molecular formula is C20H30IN3O3. The van der Waals surface area contributed by atoms with Crippen molar-refractivity contribution < 1.29 is 13.9 Å². The second-order valence-corrected chi connectivity index (χ2v) is 5.75. The Morgan fingerprint density at radius 3 is 2.56 bits per heavy atom. The van der Waals surface area contributed by atoms with Crippen LogP contribution in [0, 0.1) is 0 Å². The lowest BCUT2D eigenvalue weighted by Gasteiger charge is -2.12. The summed E-state index contributed by atoms with van der Waals surface area (Å²) in [6, 6.07) is 11.8. The Labute approximate surface area is 178 Å². The summed E-state index contributed by atoms with van der Waals surface area (Å²) >= 11 is 0. The predicted molar refractivity (Wildman–Crippen MR) is 119 cm³/mol. The number of furan rings is 1. The van der Waals surface area contributed by atoms with Gasteiger partial charge in [-0.2, -0.15) is 0 Å². The van der Waals surface area contributed by atoms with Crippen molar-refractivity contribution >= 4 is 29.9 Å². The summed E-state index contributed by atoms with van der Waals surface area (Å²) in [6.45, 7) is 5.68. The molecule has 1 heterocycles. The van der Waals surface area contributed by atoms with Crippen LogP contribution in [0.5, 0.6) is 5.75 Å². The molecule has 150 valence electrons. The van der Waals surface area contributed by atoms with E-state index in [1.165, 1.54) is 0 Å². The van der Waals surface area contributed by atoms with Crippen molar-refractivity contribution in [2.75, 3.05) is 33.4 Å². The van der Waals surface area contributed by atoms with Gasteiger partial charge in [0.2, 0.25) is 0 Å². The number of ether oxygens (including phenoxy) is 2. The van der Waals surface area contributed by atoms with E-state index in [4.69, 9.17) is 13.9 Å². The van der Waals surface area contributed by atoms with Gasteiger partial charge in [0.15, 0.2) is 5.96 Å². The second kappa shape index (κ2) is 14.3. The van der Waals surface area contributed by atoms with Gasteiger partial charge in [-0.1, -0.05) is 12.1 Å². The largest absolute Gasteiger partial charge is 0.497 e. The predicted octanol–water partition coefficient (Wildman–Crippen LogP) is 3.61. The highest BCUT2D eigenvalue weighted by Gasteiger charge is 2.01. The van der Waals surface area contributed by atoms with Crippen LogP contribution in [0.1, 0.15) is 24.7 Å². The molecule has 27 heavy (non-hydrogen) atoms. The molecule has 0 aliphatic heterocycles. The lowest BCUT2D eigenvalue weighted by Crippen LogP contribution is -2.39. The summed E-state index contributed by atoms with van der Waals surface area (Å²) in [5, 5.41) is 6.71. The topological polar surface area (TPSA) is 68.0 Å². The maximum Gasteiger partial charge on any atom is 0.191 e. The summed E-state index contributed by atoms with van der Waals surface area (Å²) in [5.74, 6) is 2.61. The summed E-state index contributed by atoms with van der Waals surface area (Å²) in [5.41, 5.74) is 1.13. The zero-order valence-corrected chi connectivity index (χ0v) is 18.4. The Morgan fingerprint density at radius 2 is 1.89 bits per heavy atom. The molecule has 0 atom stereocenters. The summed E-state index contributed by atoms with van der Waals surface area (Å²) in [7, 11) is 1.67. The van der Waals surface area contributed by atoms with Crippen molar-refractivity contribution in [3.63, 3.8) is 0 Å². The Balaban J connectivity index is 0.00000364. The second-order valence-electron chi connectivity index (χ2n) is 5.75. The molecule has 6 nitrogen and oxygen atoms in total. The van der Waals surface area contributed by atoms with E-state index >= 15 is 0 Å². The third-order valence-electron chi connectivity index (χ3n) is 3.78. The molecule has 0 radical (unpaired) electrons. The Bertz CT molecular complexity index is 630. The molecule has 0 fully saturated rings. The van der Waals surface area contributed by atoms with Gasteiger partial charge in [0, 0.05) is 32.7 Å². The Morgan fingerprint density at radius 1 is 1.11 bits per heavy atom. The van der Waals surface area contributed by atoms with Crippen LogP contribution in [0.2, 0.25) is 0 Å². The highest BCUT2D eigenvalue weighted by Crippen LogP contribution is 2.11. The van der Waals surface area contributed by atoms with Gasteiger partial charge >= 0.3 is 0 Å². The average molecular weight is 487 g/mol. The van der Waals surface area contributed by atoms with Crippen LogP contribution in [0.3, 0.4) is 0 Å². The third kappa shape index (κ3) is 9.67. The van der Waals surface area contributed by atoms with Crippen LogP contribution in [0.4, 0.5) is 0 Å². The van der Waals surface area contributed by atoms with E-state index in [1.807, 2.05) is 43.3 Å². The van der Waals surface area contributed by atoms with Crippen molar-refractivity contribution in [2.24, 2.45) is 4.99 Å². The van der Waals surface area contributed by atoms with E-state index in [1.54, 1.807) is 13.4 Å². The van der Waals surface area contributed by atoms with Gasteiger partial charge in [0.05, 0.1) is 19.9 Å². The number of nitrogens with zero attached hydrogens (tertiary/aromatic N) is 1. The number of guanidine groups is 1. The quantitative estimate of drug-likeness (QED) is 0.220. The summed E-state index contributed by atoms with van der Waals surface area (Å²) in [4.78, 5) is 4.67. The van der Waals surface area contributed by atoms with Crippen LogP contribution < -0.4 is 15.4 Å². The standard InChI is InChI=1S/C20H29N3O3.HI/c1-3-25-14-5-12-21-20(22-13-11-19-6-4-15-26-19)23-16-17-7-9-18(24-2)10-8-17;/h4,6-10,15H,3,5,11-14,16H2,1-2H3,(H2,21,22,23);1H. The van der Waals surface area contributed by atoms with Crippen LogP contribution in [-0.2, 0) is 17.7 Å². The number of rotatable bonds is 11. The lowest BCUT2D eigenvalue weighted by molar-refractivity contribution is 0.145. The fourth-order valence-electron chi connectivity index (χ4n) is 2.36. The molecule has 2 aromatic rings. The van der Waals surface area contributed by atoms with Gasteiger partial charge in [-0.25, -0.2) is 4.99 Å². The number of aliphatic imine (C=N–C) groups is 1. The number of nitrogens with one attached hydrogen (secondary N) is 2. The highest BCUT2D eigenvalue weighted by molar-refractivity contribution is 14.0. The van der Waals surface area contributed by atoms with Crippen molar-refractivity contribution in [3.05, 3.63) is 54.0 Å². The van der Waals surface area contributed by atoms with Crippen LogP contribution in [0.25, 0.3) is 0 Å². The molecule has 0 bridgehead atoms. The molecule has 2 rings (SSSR count). The fraction of sp³-hybridized carbons (Fsp3) is 0.450. The molecule has 1 aromatic heterocycles. The van der Waals surface area contributed by atoms with Crippen molar-refractivity contribution in [1.29, 1.82) is 0 Å². The molecule has 0 saturated heterocycles. The molecule has 0 aliphatic rings. The molecule has 0 spiro atoms. The van der Waals surface area contributed by atoms with Gasteiger partial charge in [-0.3, -0.25) is 0 Å². The Hall–Kier alpha value is -1.74. The lowest BCUT2D eigenvalue weighted by atomic mass is 10.2. The average Bonchev–Trinajstić information content (AvgIpc) is 3.19. The minimum absolute atomic E-state index is 0.